The Bertz CT molecular complexity index is 1160. The molecule has 30 heavy (non-hydrogen) atoms. The second-order valence-electron chi connectivity index (χ2n) is 6.07. The van der Waals surface area contributed by atoms with Crippen molar-refractivity contribution in [2.24, 2.45) is 0 Å². The van der Waals surface area contributed by atoms with Crippen molar-refractivity contribution in [1.82, 2.24) is 15.0 Å². The fourth-order valence-corrected chi connectivity index (χ4v) is 2.77. The number of rotatable bonds is 6. The van der Waals surface area contributed by atoms with Crippen molar-refractivity contribution in [2.75, 3.05) is 10.6 Å². The van der Waals surface area contributed by atoms with Gasteiger partial charge in [-0.15, -0.1) is 0 Å². The van der Waals surface area contributed by atoms with Crippen molar-refractivity contribution in [2.45, 2.75) is 0 Å². The van der Waals surface area contributed by atoms with Crippen LogP contribution in [0.4, 0.5) is 31.9 Å². The van der Waals surface area contributed by atoms with Gasteiger partial charge in [-0.3, -0.25) is 0 Å². The van der Waals surface area contributed by atoms with Gasteiger partial charge in [0.15, 0.2) is 11.6 Å². The van der Waals surface area contributed by atoms with E-state index in [1.807, 2.05) is 30.3 Å². The van der Waals surface area contributed by atoms with Gasteiger partial charge in [0, 0.05) is 24.0 Å². The lowest BCUT2D eigenvalue weighted by Gasteiger charge is -2.11. The number of hydrogen-bond donors (Lipinski definition) is 2. The zero-order valence-corrected chi connectivity index (χ0v) is 16.9. The summed E-state index contributed by atoms with van der Waals surface area (Å²) >= 11 is 3.34. The zero-order valence-electron chi connectivity index (χ0n) is 15.3. The van der Waals surface area contributed by atoms with Crippen LogP contribution in [0.3, 0.4) is 0 Å². The summed E-state index contributed by atoms with van der Waals surface area (Å²) in [6.45, 7) is 0. The van der Waals surface area contributed by atoms with E-state index in [4.69, 9.17) is 4.74 Å². The molecule has 2 aromatic carbocycles. The zero-order chi connectivity index (χ0) is 20.9. The molecule has 0 radical (unpaired) electrons. The molecule has 2 heterocycles. The number of para-hydroxylation sites is 1. The average molecular weight is 470 g/mol. The maximum atomic E-state index is 13.4. The smallest absolute Gasteiger partial charge is 0.229 e. The molecule has 0 bridgehead atoms. The Hall–Kier alpha value is -3.59. The summed E-state index contributed by atoms with van der Waals surface area (Å²) in [5.41, 5.74) is 1.000. The average Bonchev–Trinajstić information content (AvgIpc) is 2.75. The van der Waals surface area contributed by atoms with E-state index in [1.165, 1.54) is 12.3 Å². The van der Waals surface area contributed by atoms with Crippen molar-refractivity contribution in [1.29, 1.82) is 0 Å². The molecule has 2 aromatic heterocycles. The summed E-state index contributed by atoms with van der Waals surface area (Å²) in [4.78, 5) is 12.8. The van der Waals surface area contributed by atoms with Crippen LogP contribution >= 0.6 is 15.9 Å². The van der Waals surface area contributed by atoms with Crippen LogP contribution in [0.25, 0.3) is 0 Å². The Kier molecular flexibility index (Phi) is 5.80. The summed E-state index contributed by atoms with van der Waals surface area (Å²) in [5.74, 6) is -0.0550. The number of pyridine rings is 1. The molecule has 6 nitrogen and oxygen atoms in total. The first-order valence-corrected chi connectivity index (χ1v) is 9.57. The third kappa shape index (κ3) is 4.87. The van der Waals surface area contributed by atoms with E-state index in [1.54, 1.807) is 18.3 Å². The van der Waals surface area contributed by atoms with Gasteiger partial charge in [-0.2, -0.15) is 4.98 Å². The van der Waals surface area contributed by atoms with Crippen molar-refractivity contribution in [3.8, 4) is 11.6 Å². The van der Waals surface area contributed by atoms with Gasteiger partial charge in [0.25, 0.3) is 0 Å². The lowest BCUT2D eigenvalue weighted by Crippen LogP contribution is -2.02. The van der Waals surface area contributed by atoms with Crippen LogP contribution in [0.5, 0.6) is 11.6 Å². The first kappa shape index (κ1) is 19.7. The summed E-state index contributed by atoms with van der Waals surface area (Å²) in [6, 6.07) is 16.3. The van der Waals surface area contributed by atoms with Gasteiger partial charge in [-0.25, -0.2) is 18.7 Å². The second-order valence-corrected chi connectivity index (χ2v) is 6.92. The Morgan fingerprint density at radius 2 is 1.60 bits per heavy atom. The van der Waals surface area contributed by atoms with E-state index in [2.05, 4.69) is 41.5 Å². The standard InChI is InChI=1S/C21H14BrF2N5O/c22-16-12-26-21(29-20(16)27-13-6-8-17(23)18(24)10-13)28-14-7-9-19(25-11-14)30-15-4-2-1-3-5-15/h1-12H,(H2,26,27,28,29). The quantitative estimate of drug-likeness (QED) is 0.350. The van der Waals surface area contributed by atoms with E-state index in [0.29, 0.717) is 39.2 Å². The molecule has 0 saturated carbocycles. The van der Waals surface area contributed by atoms with Gasteiger partial charge in [0.2, 0.25) is 11.8 Å². The Labute approximate surface area is 179 Å². The number of hydrogen-bond acceptors (Lipinski definition) is 6. The van der Waals surface area contributed by atoms with Crippen LogP contribution in [-0.2, 0) is 0 Å². The number of anilines is 4. The predicted octanol–water partition coefficient (Wildman–Crippen LogP) is 6.19. The largest absolute Gasteiger partial charge is 0.439 e. The summed E-state index contributed by atoms with van der Waals surface area (Å²) in [5, 5.41) is 5.96. The molecule has 0 atom stereocenters. The Morgan fingerprint density at radius 1 is 0.800 bits per heavy atom. The Morgan fingerprint density at radius 3 is 2.33 bits per heavy atom. The molecule has 0 aliphatic heterocycles. The third-order valence-electron chi connectivity index (χ3n) is 3.88. The van der Waals surface area contributed by atoms with Gasteiger partial charge >= 0.3 is 0 Å². The van der Waals surface area contributed by atoms with E-state index < -0.39 is 11.6 Å². The van der Waals surface area contributed by atoms with Crippen molar-refractivity contribution < 1.29 is 13.5 Å². The van der Waals surface area contributed by atoms with Crippen molar-refractivity contribution in [3.05, 3.63) is 89.2 Å². The van der Waals surface area contributed by atoms with Crippen LogP contribution in [0.2, 0.25) is 0 Å². The highest BCUT2D eigenvalue weighted by atomic mass is 79.9. The van der Waals surface area contributed by atoms with E-state index in [0.717, 1.165) is 12.1 Å². The van der Waals surface area contributed by atoms with Gasteiger partial charge in [0.1, 0.15) is 11.6 Å². The molecule has 4 aromatic rings. The van der Waals surface area contributed by atoms with Crippen molar-refractivity contribution >= 4 is 39.1 Å². The summed E-state index contributed by atoms with van der Waals surface area (Å²) in [7, 11) is 0. The topological polar surface area (TPSA) is 72.0 Å². The van der Waals surface area contributed by atoms with Crippen molar-refractivity contribution in [3.63, 3.8) is 0 Å². The molecule has 0 fully saturated rings. The van der Waals surface area contributed by atoms with Gasteiger partial charge in [-0.05, 0) is 46.3 Å². The predicted molar refractivity (Wildman–Crippen MR) is 113 cm³/mol. The molecule has 0 aliphatic carbocycles. The van der Waals surface area contributed by atoms with Gasteiger partial charge in [-0.1, -0.05) is 18.2 Å². The number of nitrogens with one attached hydrogen (secondary N) is 2. The first-order valence-electron chi connectivity index (χ1n) is 8.77. The van der Waals surface area contributed by atoms with E-state index in [-0.39, 0.29) is 0 Å². The van der Waals surface area contributed by atoms with E-state index in [9.17, 15) is 8.78 Å². The van der Waals surface area contributed by atoms with Crippen LogP contribution in [-0.4, -0.2) is 15.0 Å². The second kappa shape index (κ2) is 8.83. The number of benzene rings is 2. The van der Waals surface area contributed by atoms with Crippen LogP contribution in [0.15, 0.2) is 77.5 Å². The SMILES string of the molecule is Fc1ccc(Nc2nc(Nc3ccc(Oc4ccccc4)nc3)ncc2Br)cc1F. The van der Waals surface area contributed by atoms with Crippen LogP contribution in [0, 0.1) is 11.6 Å². The van der Waals surface area contributed by atoms with Gasteiger partial charge in [0.05, 0.1) is 16.4 Å². The highest BCUT2D eigenvalue weighted by Gasteiger charge is 2.09. The molecule has 9 heteroatoms. The summed E-state index contributed by atoms with van der Waals surface area (Å²) in [6.07, 6.45) is 3.13. The molecule has 0 amide bonds. The molecule has 0 aliphatic rings. The van der Waals surface area contributed by atoms with Crippen LogP contribution < -0.4 is 15.4 Å². The summed E-state index contributed by atoms with van der Waals surface area (Å²) < 4.78 is 32.8. The third-order valence-corrected chi connectivity index (χ3v) is 4.46. The molecule has 2 N–H and O–H groups in total. The van der Waals surface area contributed by atoms with Crippen LogP contribution in [0.1, 0.15) is 0 Å². The minimum atomic E-state index is -0.951. The lowest BCUT2D eigenvalue weighted by atomic mass is 10.3. The maximum absolute atomic E-state index is 13.4. The Balaban J connectivity index is 1.46. The minimum Gasteiger partial charge on any atom is -0.439 e. The molecular weight excluding hydrogens is 456 g/mol. The molecular formula is C21H14BrF2N5O. The highest BCUT2D eigenvalue weighted by Crippen LogP contribution is 2.26. The maximum Gasteiger partial charge on any atom is 0.229 e. The molecule has 0 unspecified atom stereocenters. The number of aromatic nitrogens is 3. The fourth-order valence-electron chi connectivity index (χ4n) is 2.48. The first-order chi connectivity index (χ1) is 14.6. The molecule has 150 valence electrons. The lowest BCUT2D eigenvalue weighted by molar-refractivity contribution is 0.463. The fraction of sp³-hybridized carbons (Fsp3) is 0. The molecule has 0 spiro atoms. The minimum absolute atomic E-state index is 0.293. The molecule has 0 saturated heterocycles. The number of halogens is 3. The normalized spacial score (nSPS) is 10.5. The van der Waals surface area contributed by atoms with Gasteiger partial charge < -0.3 is 15.4 Å². The monoisotopic (exact) mass is 469 g/mol. The highest BCUT2D eigenvalue weighted by molar-refractivity contribution is 9.10. The van der Waals surface area contributed by atoms with E-state index >= 15 is 0 Å². The number of ether oxygens (including phenoxy) is 1. The molecule has 4 rings (SSSR count). The number of nitrogens with zero attached hydrogens (tertiary/aromatic N) is 3.